The monoisotopic (exact) mass is 359 g/mol. The number of rotatable bonds is 3. The molecular formula is C19H19F2N3O2. The van der Waals surface area contributed by atoms with Crippen LogP contribution in [0.5, 0.6) is 0 Å². The van der Waals surface area contributed by atoms with Gasteiger partial charge in [0.2, 0.25) is 0 Å². The minimum absolute atomic E-state index is 0.00416. The normalized spacial score (nSPS) is 14.0. The number of anilines is 3. The molecule has 0 aliphatic carbocycles. The number of carbonyl (C=O) groups is 2. The van der Waals surface area contributed by atoms with Crippen molar-refractivity contribution in [3.63, 3.8) is 0 Å². The van der Waals surface area contributed by atoms with Crippen LogP contribution in [-0.2, 0) is 9.59 Å². The van der Waals surface area contributed by atoms with Gasteiger partial charge in [-0.1, -0.05) is 0 Å². The second kappa shape index (κ2) is 7.95. The molecule has 1 fully saturated rings. The molecule has 7 heteroatoms. The van der Waals surface area contributed by atoms with E-state index < -0.39 is 23.4 Å². The Morgan fingerprint density at radius 1 is 0.769 bits per heavy atom. The van der Waals surface area contributed by atoms with Gasteiger partial charge in [-0.25, -0.2) is 8.78 Å². The Balaban J connectivity index is 1.58. The number of halogens is 2. The van der Waals surface area contributed by atoms with Gasteiger partial charge in [-0.3, -0.25) is 9.59 Å². The lowest BCUT2D eigenvalue weighted by atomic mass is 10.1. The molecule has 0 unspecified atom stereocenters. The van der Waals surface area contributed by atoms with Crippen molar-refractivity contribution in [3.05, 3.63) is 54.1 Å². The van der Waals surface area contributed by atoms with E-state index in [0.717, 1.165) is 30.9 Å². The van der Waals surface area contributed by atoms with Crippen molar-refractivity contribution in [3.8, 4) is 0 Å². The van der Waals surface area contributed by atoms with Crippen molar-refractivity contribution in [2.45, 2.75) is 19.3 Å². The van der Waals surface area contributed by atoms with E-state index in [2.05, 4.69) is 15.5 Å². The van der Waals surface area contributed by atoms with Gasteiger partial charge in [-0.05, 0) is 55.7 Å². The average Bonchev–Trinajstić information content (AvgIpc) is 2.66. The standard InChI is InChI=1S/C19H19F2N3O2/c20-16-9-6-14(12-17(16)21)23-19(26)18(25)22-13-4-7-15(8-5-13)24-10-2-1-3-11-24/h4-9,12H,1-3,10-11H2,(H,22,25)(H,23,26). The summed E-state index contributed by atoms with van der Waals surface area (Å²) in [5.41, 5.74) is 1.56. The third kappa shape index (κ3) is 4.36. The van der Waals surface area contributed by atoms with Gasteiger partial charge >= 0.3 is 11.8 Å². The number of piperidine rings is 1. The van der Waals surface area contributed by atoms with Gasteiger partial charge in [-0.15, -0.1) is 0 Å². The van der Waals surface area contributed by atoms with Crippen LogP contribution in [0.15, 0.2) is 42.5 Å². The first kappa shape index (κ1) is 17.8. The molecule has 1 heterocycles. The van der Waals surface area contributed by atoms with Crippen molar-refractivity contribution in [1.82, 2.24) is 0 Å². The van der Waals surface area contributed by atoms with E-state index in [1.165, 1.54) is 25.3 Å². The maximum Gasteiger partial charge on any atom is 0.314 e. The van der Waals surface area contributed by atoms with Crippen molar-refractivity contribution < 1.29 is 18.4 Å². The van der Waals surface area contributed by atoms with Gasteiger partial charge < -0.3 is 15.5 Å². The van der Waals surface area contributed by atoms with E-state index in [9.17, 15) is 18.4 Å². The number of amides is 2. The second-order valence-corrected chi connectivity index (χ2v) is 6.13. The third-order valence-electron chi connectivity index (χ3n) is 4.23. The average molecular weight is 359 g/mol. The Morgan fingerprint density at radius 2 is 1.35 bits per heavy atom. The summed E-state index contributed by atoms with van der Waals surface area (Å²) in [4.78, 5) is 26.1. The molecule has 0 saturated carbocycles. The lowest BCUT2D eigenvalue weighted by Crippen LogP contribution is -2.30. The summed E-state index contributed by atoms with van der Waals surface area (Å²) in [6, 6.07) is 10.1. The summed E-state index contributed by atoms with van der Waals surface area (Å²) in [5.74, 6) is -3.98. The molecule has 0 spiro atoms. The van der Waals surface area contributed by atoms with E-state index in [0.29, 0.717) is 5.69 Å². The summed E-state index contributed by atoms with van der Waals surface area (Å²) >= 11 is 0. The van der Waals surface area contributed by atoms with E-state index in [1.54, 1.807) is 12.1 Å². The quantitative estimate of drug-likeness (QED) is 0.824. The zero-order valence-corrected chi connectivity index (χ0v) is 14.1. The smallest absolute Gasteiger partial charge is 0.314 e. The van der Waals surface area contributed by atoms with Crippen LogP contribution in [0.4, 0.5) is 25.8 Å². The van der Waals surface area contributed by atoms with Gasteiger partial charge in [-0.2, -0.15) is 0 Å². The molecule has 0 aromatic heterocycles. The predicted octanol–water partition coefficient (Wildman–Crippen LogP) is 3.53. The van der Waals surface area contributed by atoms with Gasteiger partial charge in [0.25, 0.3) is 0 Å². The second-order valence-electron chi connectivity index (χ2n) is 6.13. The van der Waals surface area contributed by atoms with Crippen molar-refractivity contribution in [2.24, 2.45) is 0 Å². The lowest BCUT2D eigenvalue weighted by molar-refractivity contribution is -0.133. The number of benzene rings is 2. The minimum Gasteiger partial charge on any atom is -0.372 e. The topological polar surface area (TPSA) is 61.4 Å². The van der Waals surface area contributed by atoms with Crippen LogP contribution < -0.4 is 15.5 Å². The summed E-state index contributed by atoms with van der Waals surface area (Å²) in [5, 5.41) is 4.71. The Bertz CT molecular complexity index is 803. The summed E-state index contributed by atoms with van der Waals surface area (Å²) in [6.07, 6.45) is 3.59. The Hall–Kier alpha value is -2.96. The van der Waals surface area contributed by atoms with Crippen LogP contribution >= 0.6 is 0 Å². The SMILES string of the molecule is O=C(Nc1ccc(N2CCCCC2)cc1)C(=O)Nc1ccc(F)c(F)c1. The predicted molar refractivity (Wildman–Crippen MR) is 96.1 cm³/mol. The number of nitrogens with zero attached hydrogens (tertiary/aromatic N) is 1. The molecule has 5 nitrogen and oxygen atoms in total. The molecule has 2 N–H and O–H groups in total. The zero-order valence-electron chi connectivity index (χ0n) is 14.1. The molecule has 136 valence electrons. The fourth-order valence-corrected chi connectivity index (χ4v) is 2.86. The molecule has 3 rings (SSSR count). The zero-order chi connectivity index (χ0) is 18.5. The molecule has 2 aromatic rings. The molecule has 1 aliphatic rings. The third-order valence-corrected chi connectivity index (χ3v) is 4.23. The molecule has 1 saturated heterocycles. The molecular weight excluding hydrogens is 340 g/mol. The van der Waals surface area contributed by atoms with Crippen molar-refractivity contribution >= 4 is 28.9 Å². The van der Waals surface area contributed by atoms with E-state index in [4.69, 9.17) is 0 Å². The van der Waals surface area contributed by atoms with Crippen LogP contribution in [0.3, 0.4) is 0 Å². The Kier molecular flexibility index (Phi) is 5.46. The fraction of sp³-hybridized carbons (Fsp3) is 0.263. The molecule has 0 bridgehead atoms. The van der Waals surface area contributed by atoms with E-state index in [1.807, 2.05) is 12.1 Å². The fourth-order valence-electron chi connectivity index (χ4n) is 2.86. The maximum atomic E-state index is 13.1. The lowest BCUT2D eigenvalue weighted by Gasteiger charge is -2.28. The number of carbonyl (C=O) groups excluding carboxylic acids is 2. The highest BCUT2D eigenvalue weighted by Gasteiger charge is 2.16. The largest absolute Gasteiger partial charge is 0.372 e. The molecule has 26 heavy (non-hydrogen) atoms. The molecule has 0 atom stereocenters. The molecule has 0 radical (unpaired) electrons. The number of hydrogen-bond donors (Lipinski definition) is 2. The van der Waals surface area contributed by atoms with Gasteiger partial charge in [0.15, 0.2) is 11.6 Å². The summed E-state index contributed by atoms with van der Waals surface area (Å²) < 4.78 is 26.0. The van der Waals surface area contributed by atoms with Crippen LogP contribution in [0.2, 0.25) is 0 Å². The van der Waals surface area contributed by atoms with Crippen LogP contribution in [0.1, 0.15) is 19.3 Å². The summed E-state index contributed by atoms with van der Waals surface area (Å²) in [7, 11) is 0. The number of hydrogen-bond acceptors (Lipinski definition) is 3. The highest BCUT2D eigenvalue weighted by molar-refractivity contribution is 6.43. The maximum absolute atomic E-state index is 13.1. The first-order chi connectivity index (χ1) is 12.5. The van der Waals surface area contributed by atoms with Gasteiger partial charge in [0.1, 0.15) is 0 Å². The Labute approximate surface area is 150 Å². The van der Waals surface area contributed by atoms with Crippen LogP contribution in [-0.4, -0.2) is 24.9 Å². The highest BCUT2D eigenvalue weighted by atomic mass is 19.2. The van der Waals surface area contributed by atoms with E-state index >= 15 is 0 Å². The molecule has 2 aromatic carbocycles. The van der Waals surface area contributed by atoms with Gasteiger partial charge in [0.05, 0.1) is 0 Å². The van der Waals surface area contributed by atoms with Crippen molar-refractivity contribution in [1.29, 1.82) is 0 Å². The molecule has 1 aliphatic heterocycles. The van der Waals surface area contributed by atoms with E-state index in [-0.39, 0.29) is 5.69 Å². The highest BCUT2D eigenvalue weighted by Crippen LogP contribution is 2.22. The first-order valence-electron chi connectivity index (χ1n) is 8.45. The molecule has 2 amide bonds. The summed E-state index contributed by atoms with van der Waals surface area (Å²) in [6.45, 7) is 2.03. The Morgan fingerprint density at radius 3 is 1.96 bits per heavy atom. The van der Waals surface area contributed by atoms with Crippen LogP contribution in [0, 0.1) is 11.6 Å². The minimum atomic E-state index is -1.10. The van der Waals surface area contributed by atoms with Crippen LogP contribution in [0.25, 0.3) is 0 Å². The first-order valence-corrected chi connectivity index (χ1v) is 8.45. The van der Waals surface area contributed by atoms with Crippen molar-refractivity contribution in [2.75, 3.05) is 28.6 Å². The van der Waals surface area contributed by atoms with Gasteiger partial charge in [0, 0.05) is 36.2 Å². The number of nitrogens with one attached hydrogen (secondary N) is 2.